The van der Waals surface area contributed by atoms with Crippen LogP contribution in [0.2, 0.25) is 0 Å². The highest BCUT2D eigenvalue weighted by atomic mass is 16.4. The first-order valence-electron chi connectivity index (χ1n) is 9.54. The smallest absolute Gasteiger partial charge is 0.226 e. The molecule has 2 aromatic carbocycles. The van der Waals surface area contributed by atoms with E-state index in [0.29, 0.717) is 25.3 Å². The zero-order chi connectivity index (χ0) is 19.3. The Labute approximate surface area is 163 Å². The van der Waals surface area contributed by atoms with Crippen molar-refractivity contribution in [2.45, 2.75) is 26.2 Å². The Bertz CT molecular complexity index is 1080. The molecule has 0 fully saturated rings. The van der Waals surface area contributed by atoms with Crippen molar-refractivity contribution >= 4 is 16.8 Å². The van der Waals surface area contributed by atoms with Crippen molar-refractivity contribution in [3.63, 3.8) is 0 Å². The van der Waals surface area contributed by atoms with Crippen LogP contribution in [0.25, 0.3) is 22.4 Å². The van der Waals surface area contributed by atoms with E-state index in [1.807, 2.05) is 55.6 Å². The average Bonchev–Trinajstić information content (AvgIpc) is 3.31. The summed E-state index contributed by atoms with van der Waals surface area (Å²) in [5.74, 6) is 1.40. The number of oxazole rings is 1. The van der Waals surface area contributed by atoms with E-state index in [9.17, 15) is 4.79 Å². The summed E-state index contributed by atoms with van der Waals surface area (Å²) < 4.78 is 5.76. The van der Waals surface area contributed by atoms with E-state index in [4.69, 9.17) is 4.42 Å². The van der Waals surface area contributed by atoms with Gasteiger partial charge in [-0.3, -0.25) is 4.79 Å². The Morgan fingerprint density at radius 2 is 1.86 bits per heavy atom. The van der Waals surface area contributed by atoms with Gasteiger partial charge in [0, 0.05) is 42.0 Å². The quantitative estimate of drug-likeness (QED) is 0.504. The monoisotopic (exact) mass is 373 g/mol. The molecule has 28 heavy (non-hydrogen) atoms. The van der Waals surface area contributed by atoms with Crippen LogP contribution in [0.15, 0.2) is 65.2 Å². The number of nitrogens with zero attached hydrogens (tertiary/aromatic N) is 1. The van der Waals surface area contributed by atoms with Gasteiger partial charge in [0.25, 0.3) is 0 Å². The minimum absolute atomic E-state index is 0.0310. The number of aryl methyl sites for hydroxylation is 2. The predicted octanol–water partition coefficient (Wildman–Crippen LogP) is 4.42. The standard InChI is InChI=1S/C23H23N3O2/c1-16-20(26-23(28-16)17-7-3-2-4-8-17)11-12-22(27)24-14-13-18-15-25-21-10-6-5-9-19(18)21/h2-10,15,25H,11-14H2,1H3,(H,24,27). The average molecular weight is 373 g/mol. The molecule has 0 aliphatic rings. The van der Waals surface area contributed by atoms with E-state index in [1.165, 1.54) is 10.9 Å². The van der Waals surface area contributed by atoms with Crippen molar-refractivity contribution in [2.75, 3.05) is 6.54 Å². The van der Waals surface area contributed by atoms with Gasteiger partial charge in [-0.05, 0) is 37.1 Å². The van der Waals surface area contributed by atoms with Crippen molar-refractivity contribution < 1.29 is 9.21 Å². The fourth-order valence-corrected chi connectivity index (χ4v) is 3.36. The molecule has 0 aliphatic heterocycles. The number of H-pyrrole nitrogens is 1. The lowest BCUT2D eigenvalue weighted by atomic mass is 10.1. The van der Waals surface area contributed by atoms with E-state index in [2.05, 4.69) is 27.4 Å². The van der Waals surface area contributed by atoms with Gasteiger partial charge in [0.2, 0.25) is 11.8 Å². The zero-order valence-electron chi connectivity index (χ0n) is 15.9. The minimum atomic E-state index is 0.0310. The number of carbonyl (C=O) groups excluding carboxylic acids is 1. The van der Waals surface area contributed by atoms with Crippen molar-refractivity contribution in [2.24, 2.45) is 0 Å². The summed E-state index contributed by atoms with van der Waals surface area (Å²) in [6.07, 6.45) is 3.79. The second-order valence-corrected chi connectivity index (χ2v) is 6.85. The molecule has 0 saturated heterocycles. The van der Waals surface area contributed by atoms with Gasteiger partial charge in [-0.15, -0.1) is 0 Å². The molecule has 2 N–H and O–H groups in total. The lowest BCUT2D eigenvalue weighted by molar-refractivity contribution is -0.121. The molecular weight excluding hydrogens is 350 g/mol. The molecule has 2 heterocycles. The first-order valence-corrected chi connectivity index (χ1v) is 9.54. The van der Waals surface area contributed by atoms with Crippen molar-refractivity contribution in [1.82, 2.24) is 15.3 Å². The molecule has 0 aliphatic carbocycles. The Kier molecular flexibility index (Phi) is 5.24. The fourth-order valence-electron chi connectivity index (χ4n) is 3.36. The van der Waals surface area contributed by atoms with Crippen LogP contribution < -0.4 is 5.32 Å². The SMILES string of the molecule is Cc1oc(-c2ccccc2)nc1CCC(=O)NCCc1c[nH]c2ccccc12. The first kappa shape index (κ1) is 18.0. The van der Waals surface area contributed by atoms with Gasteiger partial charge in [-0.2, -0.15) is 0 Å². The molecule has 1 amide bonds. The number of benzene rings is 2. The van der Waals surface area contributed by atoms with E-state index in [-0.39, 0.29) is 5.91 Å². The zero-order valence-corrected chi connectivity index (χ0v) is 15.9. The van der Waals surface area contributed by atoms with Gasteiger partial charge in [0.1, 0.15) is 5.76 Å². The molecule has 142 valence electrons. The fraction of sp³-hybridized carbons (Fsp3) is 0.217. The van der Waals surface area contributed by atoms with Crippen molar-refractivity contribution in [3.8, 4) is 11.5 Å². The van der Waals surface area contributed by atoms with Gasteiger partial charge in [-0.1, -0.05) is 36.4 Å². The minimum Gasteiger partial charge on any atom is -0.441 e. The third-order valence-electron chi connectivity index (χ3n) is 4.89. The Morgan fingerprint density at radius 1 is 1.07 bits per heavy atom. The van der Waals surface area contributed by atoms with Crippen LogP contribution in [-0.2, 0) is 17.6 Å². The summed E-state index contributed by atoms with van der Waals surface area (Å²) in [5, 5.41) is 4.21. The van der Waals surface area contributed by atoms with Crippen LogP contribution in [-0.4, -0.2) is 22.4 Å². The maximum absolute atomic E-state index is 12.2. The maximum Gasteiger partial charge on any atom is 0.226 e. The number of nitrogens with one attached hydrogen (secondary N) is 2. The molecule has 0 saturated carbocycles. The molecule has 4 aromatic rings. The number of rotatable bonds is 7. The van der Waals surface area contributed by atoms with Gasteiger partial charge in [-0.25, -0.2) is 4.98 Å². The van der Waals surface area contributed by atoms with E-state index in [1.54, 1.807) is 0 Å². The molecule has 0 atom stereocenters. The number of hydrogen-bond donors (Lipinski definition) is 2. The summed E-state index contributed by atoms with van der Waals surface area (Å²) in [4.78, 5) is 20.0. The Balaban J connectivity index is 1.28. The lowest BCUT2D eigenvalue weighted by Crippen LogP contribution is -2.25. The maximum atomic E-state index is 12.2. The number of carbonyl (C=O) groups is 1. The normalized spacial score (nSPS) is 11.0. The Morgan fingerprint density at radius 3 is 2.71 bits per heavy atom. The molecule has 4 rings (SSSR count). The topological polar surface area (TPSA) is 70.9 Å². The van der Waals surface area contributed by atoms with Gasteiger partial charge < -0.3 is 14.7 Å². The predicted molar refractivity (Wildman–Crippen MR) is 110 cm³/mol. The summed E-state index contributed by atoms with van der Waals surface area (Å²) in [7, 11) is 0. The number of hydrogen-bond acceptors (Lipinski definition) is 3. The van der Waals surface area contributed by atoms with Gasteiger partial charge in [0.15, 0.2) is 0 Å². The number of aromatic nitrogens is 2. The number of amides is 1. The molecule has 0 bridgehead atoms. The van der Waals surface area contributed by atoms with Crippen LogP contribution in [0, 0.1) is 6.92 Å². The second-order valence-electron chi connectivity index (χ2n) is 6.85. The molecule has 5 nitrogen and oxygen atoms in total. The molecule has 0 radical (unpaired) electrons. The molecule has 0 unspecified atom stereocenters. The van der Waals surface area contributed by atoms with Crippen LogP contribution in [0.4, 0.5) is 0 Å². The number of aromatic amines is 1. The third kappa shape index (κ3) is 3.98. The molecule has 2 aromatic heterocycles. The number of fused-ring (bicyclic) bond motifs is 1. The molecular formula is C23H23N3O2. The highest BCUT2D eigenvalue weighted by molar-refractivity contribution is 5.83. The van der Waals surface area contributed by atoms with Crippen molar-refractivity contribution in [1.29, 1.82) is 0 Å². The lowest BCUT2D eigenvalue weighted by Gasteiger charge is -2.04. The summed E-state index contributed by atoms with van der Waals surface area (Å²) in [6, 6.07) is 18.0. The molecule has 0 spiro atoms. The number of para-hydroxylation sites is 1. The summed E-state index contributed by atoms with van der Waals surface area (Å²) in [5.41, 5.74) is 4.13. The molecule has 5 heteroatoms. The van der Waals surface area contributed by atoms with E-state index in [0.717, 1.165) is 29.0 Å². The van der Waals surface area contributed by atoms with Crippen LogP contribution in [0.3, 0.4) is 0 Å². The van der Waals surface area contributed by atoms with E-state index >= 15 is 0 Å². The highest BCUT2D eigenvalue weighted by Gasteiger charge is 2.13. The summed E-state index contributed by atoms with van der Waals surface area (Å²) >= 11 is 0. The first-order chi connectivity index (χ1) is 13.7. The van der Waals surface area contributed by atoms with Crippen molar-refractivity contribution in [3.05, 3.63) is 77.8 Å². The largest absolute Gasteiger partial charge is 0.441 e. The summed E-state index contributed by atoms with van der Waals surface area (Å²) in [6.45, 7) is 2.51. The highest BCUT2D eigenvalue weighted by Crippen LogP contribution is 2.22. The van der Waals surface area contributed by atoms with E-state index < -0.39 is 0 Å². The van der Waals surface area contributed by atoms with Crippen LogP contribution in [0.1, 0.15) is 23.4 Å². The van der Waals surface area contributed by atoms with Gasteiger partial charge in [0.05, 0.1) is 5.69 Å². The van der Waals surface area contributed by atoms with Crippen LogP contribution in [0.5, 0.6) is 0 Å². The van der Waals surface area contributed by atoms with Crippen LogP contribution >= 0.6 is 0 Å². The van der Waals surface area contributed by atoms with Gasteiger partial charge >= 0.3 is 0 Å². The third-order valence-corrected chi connectivity index (χ3v) is 4.89. The Hall–Kier alpha value is -3.34. The second kappa shape index (κ2) is 8.13.